The van der Waals surface area contributed by atoms with Crippen LogP contribution in [0.4, 0.5) is 13.2 Å². The summed E-state index contributed by atoms with van der Waals surface area (Å²) in [6, 6.07) is 7.70. The van der Waals surface area contributed by atoms with Gasteiger partial charge in [0, 0.05) is 12.0 Å². The minimum Gasteiger partial charge on any atom is -0.385 e. The molecular formula is C15H12BrF3O. The van der Waals surface area contributed by atoms with Crippen molar-refractivity contribution in [3.05, 3.63) is 69.4 Å². The number of hydrogen-bond acceptors (Lipinski definition) is 1. The van der Waals surface area contributed by atoms with Crippen LogP contribution in [0.3, 0.4) is 0 Å². The summed E-state index contributed by atoms with van der Waals surface area (Å²) in [5.41, 5.74) is -1.56. The molecule has 106 valence electrons. The zero-order valence-corrected chi connectivity index (χ0v) is 12.2. The lowest BCUT2D eigenvalue weighted by atomic mass is 9.88. The molecule has 0 saturated heterocycles. The van der Waals surface area contributed by atoms with Gasteiger partial charge < -0.3 is 5.11 Å². The normalized spacial score (nSPS) is 14.1. The standard InChI is InChI=1S/C15H12BrF3O/c1-15(20,9-3-2-4-10(17)7-9)8-11-13(18)6-5-12(16)14(11)19/h2-7,20H,8H2,1H3. The predicted molar refractivity (Wildman–Crippen MR) is 73.7 cm³/mol. The SMILES string of the molecule is CC(O)(Cc1c(F)ccc(Br)c1F)c1cccc(F)c1. The van der Waals surface area contributed by atoms with Crippen molar-refractivity contribution in [1.82, 2.24) is 0 Å². The van der Waals surface area contributed by atoms with E-state index in [-0.39, 0.29) is 22.0 Å². The van der Waals surface area contributed by atoms with Crippen molar-refractivity contribution in [1.29, 1.82) is 0 Å². The second-order valence-corrected chi connectivity index (χ2v) is 5.64. The lowest BCUT2D eigenvalue weighted by Gasteiger charge is -2.24. The lowest BCUT2D eigenvalue weighted by molar-refractivity contribution is 0.0553. The van der Waals surface area contributed by atoms with Crippen LogP contribution in [0, 0.1) is 17.5 Å². The van der Waals surface area contributed by atoms with E-state index in [9.17, 15) is 18.3 Å². The highest BCUT2D eigenvalue weighted by atomic mass is 79.9. The van der Waals surface area contributed by atoms with E-state index in [1.807, 2.05) is 0 Å². The van der Waals surface area contributed by atoms with Gasteiger partial charge in [-0.1, -0.05) is 12.1 Å². The molecule has 0 aliphatic heterocycles. The van der Waals surface area contributed by atoms with Crippen LogP contribution in [0.15, 0.2) is 40.9 Å². The molecule has 0 heterocycles. The molecule has 0 spiro atoms. The van der Waals surface area contributed by atoms with Gasteiger partial charge in [0.1, 0.15) is 17.5 Å². The smallest absolute Gasteiger partial charge is 0.143 e. The molecule has 1 nitrogen and oxygen atoms in total. The van der Waals surface area contributed by atoms with Gasteiger partial charge in [-0.2, -0.15) is 0 Å². The van der Waals surface area contributed by atoms with Gasteiger partial charge in [-0.25, -0.2) is 13.2 Å². The van der Waals surface area contributed by atoms with Crippen LogP contribution in [-0.4, -0.2) is 5.11 Å². The Morgan fingerprint density at radius 2 is 1.85 bits per heavy atom. The molecule has 0 aromatic heterocycles. The van der Waals surface area contributed by atoms with Crippen molar-refractivity contribution in [2.75, 3.05) is 0 Å². The van der Waals surface area contributed by atoms with Crippen LogP contribution in [-0.2, 0) is 12.0 Å². The molecule has 0 saturated carbocycles. The number of benzene rings is 2. The largest absolute Gasteiger partial charge is 0.385 e. The van der Waals surface area contributed by atoms with Gasteiger partial charge >= 0.3 is 0 Å². The number of aliphatic hydroxyl groups is 1. The van der Waals surface area contributed by atoms with Crippen LogP contribution in [0.5, 0.6) is 0 Å². The lowest BCUT2D eigenvalue weighted by Crippen LogP contribution is -2.25. The Morgan fingerprint density at radius 1 is 1.15 bits per heavy atom. The summed E-state index contributed by atoms with van der Waals surface area (Å²) in [5.74, 6) is -2.03. The quantitative estimate of drug-likeness (QED) is 0.822. The Bertz CT molecular complexity index is 641. The topological polar surface area (TPSA) is 20.2 Å². The fourth-order valence-electron chi connectivity index (χ4n) is 2.00. The summed E-state index contributed by atoms with van der Waals surface area (Å²) in [7, 11) is 0. The van der Waals surface area contributed by atoms with Crippen LogP contribution in [0.2, 0.25) is 0 Å². The zero-order valence-electron chi connectivity index (χ0n) is 10.6. The van der Waals surface area contributed by atoms with Gasteiger partial charge in [0.2, 0.25) is 0 Å². The van der Waals surface area contributed by atoms with E-state index in [2.05, 4.69) is 15.9 Å². The third kappa shape index (κ3) is 3.04. The fourth-order valence-corrected chi connectivity index (χ4v) is 2.37. The molecule has 1 N–H and O–H groups in total. The molecule has 0 radical (unpaired) electrons. The average Bonchev–Trinajstić information content (AvgIpc) is 2.39. The van der Waals surface area contributed by atoms with E-state index in [0.717, 1.165) is 12.1 Å². The first-order valence-corrected chi connectivity index (χ1v) is 6.71. The molecule has 5 heteroatoms. The van der Waals surface area contributed by atoms with Gasteiger partial charge in [-0.05, 0) is 52.7 Å². The summed E-state index contributed by atoms with van der Waals surface area (Å²) in [6.07, 6.45) is -0.298. The van der Waals surface area contributed by atoms with Crippen molar-refractivity contribution < 1.29 is 18.3 Å². The summed E-state index contributed by atoms with van der Waals surface area (Å²) in [6.45, 7) is 1.39. The zero-order chi connectivity index (χ0) is 14.9. The van der Waals surface area contributed by atoms with E-state index in [4.69, 9.17) is 0 Å². The fraction of sp³-hybridized carbons (Fsp3) is 0.200. The summed E-state index contributed by atoms with van der Waals surface area (Å²) < 4.78 is 40.9. The van der Waals surface area contributed by atoms with Crippen molar-refractivity contribution in [2.24, 2.45) is 0 Å². The molecule has 2 rings (SSSR count). The Kier molecular flexibility index (Phi) is 4.20. The summed E-state index contributed by atoms with van der Waals surface area (Å²) in [5, 5.41) is 10.4. The minimum atomic E-state index is -1.58. The third-order valence-corrected chi connectivity index (χ3v) is 3.72. The molecule has 0 amide bonds. The molecule has 0 bridgehead atoms. The Balaban J connectivity index is 2.40. The predicted octanol–water partition coefficient (Wildman–Crippen LogP) is 4.32. The van der Waals surface area contributed by atoms with Crippen LogP contribution >= 0.6 is 15.9 Å². The van der Waals surface area contributed by atoms with Crippen LogP contribution in [0.25, 0.3) is 0 Å². The van der Waals surface area contributed by atoms with Crippen molar-refractivity contribution in [2.45, 2.75) is 18.9 Å². The molecule has 1 atom stereocenters. The van der Waals surface area contributed by atoms with Crippen LogP contribution in [0.1, 0.15) is 18.1 Å². The molecule has 0 aliphatic carbocycles. The van der Waals surface area contributed by atoms with Crippen molar-refractivity contribution >= 4 is 15.9 Å². The maximum absolute atomic E-state index is 13.9. The van der Waals surface area contributed by atoms with E-state index in [1.54, 1.807) is 0 Å². The molecule has 2 aromatic carbocycles. The highest BCUT2D eigenvalue weighted by molar-refractivity contribution is 9.10. The molecule has 1 unspecified atom stereocenters. The van der Waals surface area contributed by atoms with Gasteiger partial charge in [-0.3, -0.25) is 0 Å². The summed E-state index contributed by atoms with van der Waals surface area (Å²) in [4.78, 5) is 0. The Morgan fingerprint density at radius 3 is 2.50 bits per heavy atom. The molecule has 20 heavy (non-hydrogen) atoms. The van der Waals surface area contributed by atoms with E-state index in [0.29, 0.717) is 0 Å². The molecule has 0 aliphatic rings. The molecular weight excluding hydrogens is 333 g/mol. The van der Waals surface area contributed by atoms with Gasteiger partial charge in [-0.15, -0.1) is 0 Å². The van der Waals surface area contributed by atoms with Crippen molar-refractivity contribution in [3.63, 3.8) is 0 Å². The first-order valence-electron chi connectivity index (χ1n) is 5.92. The number of halogens is 4. The third-order valence-electron chi connectivity index (χ3n) is 3.11. The van der Waals surface area contributed by atoms with E-state index in [1.165, 1.54) is 31.2 Å². The second kappa shape index (κ2) is 5.58. The second-order valence-electron chi connectivity index (χ2n) is 4.78. The Hall–Kier alpha value is -1.33. The van der Waals surface area contributed by atoms with Crippen LogP contribution < -0.4 is 0 Å². The molecule has 2 aromatic rings. The first kappa shape index (κ1) is 15.1. The van der Waals surface area contributed by atoms with Gasteiger partial charge in [0.05, 0.1) is 10.1 Å². The first-order chi connectivity index (χ1) is 9.31. The summed E-state index contributed by atoms with van der Waals surface area (Å²) >= 11 is 2.97. The minimum absolute atomic E-state index is 0.115. The maximum atomic E-state index is 13.9. The number of hydrogen-bond donors (Lipinski definition) is 1. The highest BCUT2D eigenvalue weighted by Gasteiger charge is 2.27. The Labute approximate surface area is 123 Å². The maximum Gasteiger partial charge on any atom is 0.143 e. The van der Waals surface area contributed by atoms with E-state index < -0.39 is 23.1 Å². The number of rotatable bonds is 3. The van der Waals surface area contributed by atoms with E-state index >= 15 is 0 Å². The van der Waals surface area contributed by atoms with Crippen molar-refractivity contribution in [3.8, 4) is 0 Å². The van der Waals surface area contributed by atoms with Gasteiger partial charge in [0.25, 0.3) is 0 Å². The monoisotopic (exact) mass is 344 g/mol. The molecule has 0 fully saturated rings. The van der Waals surface area contributed by atoms with Gasteiger partial charge in [0.15, 0.2) is 0 Å². The average molecular weight is 345 g/mol. The highest BCUT2D eigenvalue weighted by Crippen LogP contribution is 2.30.